The molecular formula is C27H17ClF5N3O. The largest absolute Gasteiger partial charge is 0.340 e. The number of hydrogen-bond donors (Lipinski definition) is 0. The molecule has 4 nitrogen and oxygen atoms in total. The van der Waals surface area contributed by atoms with Crippen LogP contribution in [0.25, 0.3) is 17.0 Å². The fraction of sp³-hybridized carbons (Fsp3) is 0.111. The number of anilines is 1. The molecule has 5 rings (SSSR count). The molecule has 2 heterocycles. The van der Waals surface area contributed by atoms with Gasteiger partial charge in [-0.2, -0.15) is 10.1 Å². The molecule has 37 heavy (non-hydrogen) atoms. The summed E-state index contributed by atoms with van der Waals surface area (Å²) in [6.07, 6.45) is 1.52. The van der Waals surface area contributed by atoms with E-state index in [1.165, 1.54) is 13.0 Å². The number of rotatable bonds is 4. The molecule has 0 spiro atoms. The van der Waals surface area contributed by atoms with Crippen molar-refractivity contribution in [2.75, 3.05) is 5.01 Å². The second-order valence-electron chi connectivity index (χ2n) is 8.51. The van der Waals surface area contributed by atoms with E-state index in [0.717, 1.165) is 22.2 Å². The first kappa shape index (κ1) is 24.7. The van der Waals surface area contributed by atoms with E-state index >= 15 is 0 Å². The lowest BCUT2D eigenvalue weighted by Crippen LogP contribution is -2.25. The number of para-hydroxylation sites is 1. The van der Waals surface area contributed by atoms with Crippen LogP contribution >= 0.6 is 11.6 Å². The Morgan fingerprint density at radius 1 is 0.865 bits per heavy atom. The highest BCUT2D eigenvalue weighted by Gasteiger charge is 2.37. The van der Waals surface area contributed by atoms with E-state index < -0.39 is 40.7 Å². The fourth-order valence-corrected chi connectivity index (χ4v) is 4.50. The second-order valence-corrected chi connectivity index (χ2v) is 8.94. The maximum absolute atomic E-state index is 14.4. The molecule has 188 valence electrons. The van der Waals surface area contributed by atoms with Gasteiger partial charge in [-0.15, -0.1) is 0 Å². The van der Waals surface area contributed by atoms with E-state index in [2.05, 4.69) is 5.10 Å². The summed E-state index contributed by atoms with van der Waals surface area (Å²) in [4.78, 5) is 13.2. The highest BCUT2D eigenvalue weighted by molar-refractivity contribution is 6.32. The first-order valence-corrected chi connectivity index (χ1v) is 11.4. The number of hydrazone groups is 1. The third kappa shape index (κ3) is 3.99. The van der Waals surface area contributed by atoms with E-state index in [-0.39, 0.29) is 16.3 Å². The summed E-state index contributed by atoms with van der Waals surface area (Å²) in [6, 6.07) is 14.8. The summed E-state index contributed by atoms with van der Waals surface area (Å²) in [5, 5.41) is 5.44. The summed E-state index contributed by atoms with van der Waals surface area (Å²) >= 11 is 6.00. The lowest BCUT2D eigenvalue weighted by atomic mass is 10.0. The first-order valence-electron chi connectivity index (χ1n) is 11.1. The Bertz CT molecular complexity index is 1630. The normalized spacial score (nSPS) is 14.8. The number of nitrogens with zero attached hydrogens (tertiary/aromatic N) is 3. The van der Waals surface area contributed by atoms with Gasteiger partial charge in [-0.1, -0.05) is 41.9 Å². The fourth-order valence-electron chi connectivity index (χ4n) is 4.38. The number of aromatic nitrogens is 1. The minimum absolute atomic E-state index is 0.0403. The van der Waals surface area contributed by atoms with Gasteiger partial charge in [0.1, 0.15) is 5.69 Å². The molecular weight excluding hydrogens is 513 g/mol. The Labute approximate surface area is 212 Å². The molecule has 0 radical (unpaired) electrons. The summed E-state index contributed by atoms with van der Waals surface area (Å²) < 4.78 is 71.9. The highest BCUT2D eigenvalue weighted by atomic mass is 35.5. The summed E-state index contributed by atoms with van der Waals surface area (Å²) in [7, 11) is 0. The highest BCUT2D eigenvalue weighted by Crippen LogP contribution is 2.35. The van der Waals surface area contributed by atoms with Crippen LogP contribution in [-0.2, 0) is 11.3 Å². The maximum Gasteiger partial charge on any atom is 0.280 e. The maximum atomic E-state index is 14.4. The van der Waals surface area contributed by atoms with E-state index in [0.29, 0.717) is 17.1 Å². The number of fused-ring (bicyclic) bond motifs is 1. The molecule has 0 saturated heterocycles. The quantitative estimate of drug-likeness (QED) is 0.120. The zero-order chi connectivity index (χ0) is 26.6. The molecule has 0 fully saturated rings. The van der Waals surface area contributed by atoms with Crippen molar-refractivity contribution in [3.63, 3.8) is 0 Å². The van der Waals surface area contributed by atoms with E-state index in [1.54, 1.807) is 12.1 Å². The number of amides is 1. The van der Waals surface area contributed by atoms with Gasteiger partial charge < -0.3 is 4.57 Å². The molecule has 0 N–H and O–H groups in total. The third-order valence-corrected chi connectivity index (χ3v) is 6.54. The average molecular weight is 530 g/mol. The van der Waals surface area contributed by atoms with Crippen LogP contribution in [0.15, 0.2) is 59.2 Å². The molecule has 0 unspecified atom stereocenters. The van der Waals surface area contributed by atoms with Gasteiger partial charge in [-0.3, -0.25) is 4.79 Å². The number of benzene rings is 3. The Balaban J connectivity index is 1.61. The van der Waals surface area contributed by atoms with Crippen LogP contribution in [0.1, 0.15) is 23.7 Å². The van der Waals surface area contributed by atoms with E-state index in [9.17, 15) is 26.7 Å². The Morgan fingerprint density at radius 3 is 2.11 bits per heavy atom. The number of carbonyl (C=O) groups is 1. The summed E-state index contributed by atoms with van der Waals surface area (Å²) in [5.41, 5.74) is 1.90. The van der Waals surface area contributed by atoms with Crippen molar-refractivity contribution in [2.45, 2.75) is 20.4 Å². The predicted octanol–water partition coefficient (Wildman–Crippen LogP) is 7.15. The van der Waals surface area contributed by atoms with Crippen molar-refractivity contribution in [3.05, 3.63) is 105 Å². The Kier molecular flexibility index (Phi) is 6.11. The van der Waals surface area contributed by atoms with Crippen molar-refractivity contribution >= 4 is 45.9 Å². The molecule has 1 amide bonds. The standard InChI is InChI=1S/C27H17ClF5N3O/c1-13-18(27(37)36(34-13)26-24(32)22(30)21(29)23(31)25(26)33)11-19-14(2)35(20-6-4-3-5-17(19)20)12-15-7-9-16(28)10-8-15/h3-11H,12H2,1-2H3/b18-11+. The van der Waals surface area contributed by atoms with Crippen molar-refractivity contribution in [1.29, 1.82) is 0 Å². The second kappa shape index (κ2) is 9.15. The average Bonchev–Trinajstić information content (AvgIpc) is 3.31. The van der Waals surface area contributed by atoms with Crippen LogP contribution in [0.2, 0.25) is 5.02 Å². The monoisotopic (exact) mass is 529 g/mol. The van der Waals surface area contributed by atoms with Crippen LogP contribution in [0, 0.1) is 36.0 Å². The summed E-state index contributed by atoms with van der Waals surface area (Å²) in [6.45, 7) is 3.78. The van der Waals surface area contributed by atoms with Gasteiger partial charge in [0.25, 0.3) is 5.91 Å². The van der Waals surface area contributed by atoms with E-state index in [4.69, 9.17) is 11.6 Å². The first-order chi connectivity index (χ1) is 17.6. The molecule has 0 saturated carbocycles. The van der Waals surface area contributed by atoms with Gasteiger partial charge in [0.2, 0.25) is 5.82 Å². The minimum atomic E-state index is -2.31. The molecule has 3 aromatic carbocycles. The number of halogens is 6. The van der Waals surface area contributed by atoms with Crippen LogP contribution in [0.5, 0.6) is 0 Å². The van der Waals surface area contributed by atoms with Gasteiger partial charge >= 0.3 is 0 Å². The lowest BCUT2D eigenvalue weighted by molar-refractivity contribution is -0.114. The van der Waals surface area contributed by atoms with Crippen molar-refractivity contribution in [2.24, 2.45) is 5.10 Å². The lowest BCUT2D eigenvalue weighted by Gasteiger charge is -2.15. The molecule has 0 atom stereocenters. The van der Waals surface area contributed by atoms with Gasteiger partial charge in [-0.25, -0.2) is 22.0 Å². The van der Waals surface area contributed by atoms with Crippen molar-refractivity contribution in [1.82, 2.24) is 4.57 Å². The Morgan fingerprint density at radius 2 is 1.46 bits per heavy atom. The Hall–Kier alpha value is -3.98. The van der Waals surface area contributed by atoms with Gasteiger partial charge in [0, 0.05) is 33.7 Å². The smallest absolute Gasteiger partial charge is 0.280 e. The topological polar surface area (TPSA) is 37.6 Å². The number of hydrogen-bond acceptors (Lipinski definition) is 2. The zero-order valence-corrected chi connectivity index (χ0v) is 20.2. The molecule has 4 aromatic rings. The zero-order valence-electron chi connectivity index (χ0n) is 19.4. The van der Waals surface area contributed by atoms with Crippen LogP contribution in [-0.4, -0.2) is 16.2 Å². The molecule has 1 aromatic heterocycles. The molecule has 0 bridgehead atoms. The van der Waals surface area contributed by atoms with Crippen molar-refractivity contribution in [3.8, 4) is 0 Å². The van der Waals surface area contributed by atoms with Crippen LogP contribution in [0.4, 0.5) is 27.6 Å². The SMILES string of the molecule is CC1=NN(c2c(F)c(F)c(F)c(F)c2F)C(=O)/C1=C/c1c(C)n(Cc2ccc(Cl)cc2)c2ccccc12. The van der Waals surface area contributed by atoms with Crippen LogP contribution < -0.4 is 5.01 Å². The number of carbonyl (C=O) groups excluding carboxylic acids is 1. The third-order valence-electron chi connectivity index (χ3n) is 6.28. The molecule has 1 aliphatic heterocycles. The van der Waals surface area contributed by atoms with Gasteiger partial charge in [0.05, 0.1) is 11.3 Å². The van der Waals surface area contributed by atoms with Gasteiger partial charge in [0.15, 0.2) is 23.3 Å². The summed E-state index contributed by atoms with van der Waals surface area (Å²) in [5.74, 6) is -11.9. The molecule has 0 aliphatic carbocycles. The molecule has 10 heteroatoms. The predicted molar refractivity (Wildman–Crippen MR) is 132 cm³/mol. The minimum Gasteiger partial charge on any atom is -0.340 e. The molecule has 1 aliphatic rings. The van der Waals surface area contributed by atoms with Gasteiger partial charge in [-0.05, 0) is 43.7 Å². The van der Waals surface area contributed by atoms with E-state index in [1.807, 2.05) is 47.9 Å². The van der Waals surface area contributed by atoms with Crippen molar-refractivity contribution < 1.29 is 26.7 Å². The van der Waals surface area contributed by atoms with Crippen LogP contribution in [0.3, 0.4) is 0 Å².